The third kappa shape index (κ3) is 6.41. The van der Waals surface area contributed by atoms with Crippen molar-refractivity contribution in [1.29, 1.82) is 0 Å². The summed E-state index contributed by atoms with van der Waals surface area (Å²) >= 11 is 0. The number of nitrogens with one attached hydrogen (secondary N) is 2. The van der Waals surface area contributed by atoms with Crippen LogP contribution >= 0.6 is 0 Å². The molecule has 2 aromatic carbocycles. The summed E-state index contributed by atoms with van der Waals surface area (Å²) in [6.07, 6.45) is 2.94. The van der Waals surface area contributed by atoms with Crippen LogP contribution in [0.2, 0.25) is 0 Å². The molecule has 0 radical (unpaired) electrons. The van der Waals surface area contributed by atoms with Gasteiger partial charge in [0.05, 0.1) is 27.0 Å². The number of benzene rings is 2. The molecule has 178 valence electrons. The van der Waals surface area contributed by atoms with Crippen molar-refractivity contribution in [3.05, 3.63) is 82.9 Å². The molecule has 0 spiro atoms. The predicted molar refractivity (Wildman–Crippen MR) is 128 cm³/mol. The molecule has 0 bridgehead atoms. The summed E-state index contributed by atoms with van der Waals surface area (Å²) < 4.78 is 21.5. The molecule has 3 rings (SSSR count). The molecule has 2 amide bonds. The maximum absolute atomic E-state index is 12.8. The van der Waals surface area contributed by atoms with Crippen molar-refractivity contribution >= 4 is 17.9 Å². The maximum atomic E-state index is 12.8. The molecule has 2 N–H and O–H groups in total. The van der Waals surface area contributed by atoms with E-state index in [1.807, 2.05) is 32.0 Å². The predicted octanol–water partition coefficient (Wildman–Crippen LogP) is 3.88. The fourth-order valence-corrected chi connectivity index (χ4v) is 3.08. The van der Waals surface area contributed by atoms with Crippen molar-refractivity contribution in [1.82, 2.24) is 10.6 Å². The number of hydrogen-bond acceptors (Lipinski definition) is 6. The average Bonchev–Trinajstić information content (AvgIpc) is 3.36. The number of ether oxygens (including phenoxy) is 3. The van der Waals surface area contributed by atoms with E-state index in [9.17, 15) is 9.59 Å². The lowest BCUT2D eigenvalue weighted by atomic mass is 10.1. The van der Waals surface area contributed by atoms with E-state index >= 15 is 0 Å². The van der Waals surface area contributed by atoms with Crippen LogP contribution < -0.4 is 24.8 Å². The zero-order chi connectivity index (χ0) is 24.5. The third-order valence-electron chi connectivity index (χ3n) is 5.10. The van der Waals surface area contributed by atoms with Crippen LogP contribution in [-0.2, 0) is 4.79 Å². The third-order valence-corrected chi connectivity index (χ3v) is 5.10. The fourth-order valence-electron chi connectivity index (χ4n) is 3.08. The molecule has 0 fully saturated rings. The number of hydrogen-bond donors (Lipinski definition) is 2. The first-order chi connectivity index (χ1) is 16.4. The molecule has 1 aromatic heterocycles. The van der Waals surface area contributed by atoms with Crippen molar-refractivity contribution in [2.75, 3.05) is 27.4 Å². The number of furan rings is 1. The minimum absolute atomic E-state index is 0.0286. The quantitative estimate of drug-likeness (QED) is 0.349. The number of aryl methyl sites for hydroxylation is 2. The largest absolute Gasteiger partial charge is 0.493 e. The van der Waals surface area contributed by atoms with Gasteiger partial charge in [0.25, 0.3) is 11.8 Å². The topological polar surface area (TPSA) is 99.0 Å². The van der Waals surface area contributed by atoms with E-state index in [0.29, 0.717) is 22.8 Å². The summed E-state index contributed by atoms with van der Waals surface area (Å²) in [6, 6.07) is 13.9. The van der Waals surface area contributed by atoms with Gasteiger partial charge in [0.15, 0.2) is 11.5 Å². The minimum Gasteiger partial charge on any atom is -0.493 e. The van der Waals surface area contributed by atoms with Crippen molar-refractivity contribution < 1.29 is 28.2 Å². The van der Waals surface area contributed by atoms with Crippen molar-refractivity contribution in [2.24, 2.45) is 0 Å². The normalized spacial score (nSPS) is 11.0. The molecule has 0 aliphatic rings. The summed E-state index contributed by atoms with van der Waals surface area (Å²) in [5, 5.41) is 5.40. The Morgan fingerprint density at radius 3 is 2.44 bits per heavy atom. The van der Waals surface area contributed by atoms with E-state index in [-0.39, 0.29) is 18.8 Å². The van der Waals surface area contributed by atoms with Crippen LogP contribution in [0.1, 0.15) is 27.2 Å². The average molecular weight is 465 g/mol. The lowest BCUT2D eigenvalue weighted by molar-refractivity contribution is -0.117. The summed E-state index contributed by atoms with van der Waals surface area (Å²) in [5.74, 6) is 1.08. The zero-order valence-corrected chi connectivity index (χ0v) is 19.6. The minimum atomic E-state index is -0.486. The number of methoxy groups -OCH3 is 2. The van der Waals surface area contributed by atoms with Crippen molar-refractivity contribution in [3.63, 3.8) is 0 Å². The van der Waals surface area contributed by atoms with E-state index < -0.39 is 11.8 Å². The Morgan fingerprint density at radius 1 is 0.971 bits per heavy atom. The highest BCUT2D eigenvalue weighted by Gasteiger charge is 2.17. The molecule has 8 heteroatoms. The SMILES string of the molecule is COc1ccc(C(=O)N/C(=C\c2ccco2)C(=O)NCCOc2ccc(C)c(C)c2)cc1OC. The monoisotopic (exact) mass is 464 g/mol. The Labute approximate surface area is 198 Å². The second kappa shape index (κ2) is 11.6. The van der Waals surface area contributed by atoms with Gasteiger partial charge >= 0.3 is 0 Å². The molecule has 1 heterocycles. The lowest BCUT2D eigenvalue weighted by Gasteiger charge is -2.13. The first-order valence-corrected chi connectivity index (χ1v) is 10.7. The van der Waals surface area contributed by atoms with Gasteiger partial charge in [0, 0.05) is 11.6 Å². The summed E-state index contributed by atoms with van der Waals surface area (Å²) in [4.78, 5) is 25.7. The molecule has 0 saturated heterocycles. The lowest BCUT2D eigenvalue weighted by Crippen LogP contribution is -2.36. The first kappa shape index (κ1) is 24.4. The Balaban J connectivity index is 1.66. The molecule has 0 aliphatic carbocycles. The first-order valence-electron chi connectivity index (χ1n) is 10.7. The highest BCUT2D eigenvalue weighted by atomic mass is 16.5. The Bertz CT molecular complexity index is 1170. The van der Waals surface area contributed by atoms with E-state index in [1.165, 1.54) is 38.2 Å². The Hall–Kier alpha value is -4.20. The van der Waals surface area contributed by atoms with Crippen LogP contribution in [0.15, 0.2) is 64.9 Å². The molecule has 0 unspecified atom stereocenters. The highest BCUT2D eigenvalue weighted by Crippen LogP contribution is 2.27. The standard InChI is InChI=1S/C26H28N2O6/c1-17-7-9-21(14-18(17)2)34-13-11-27-26(30)22(16-20-6-5-12-33-20)28-25(29)19-8-10-23(31-3)24(15-19)32-4/h5-10,12,14-16H,11,13H2,1-4H3,(H,27,30)(H,28,29)/b22-16-. The van der Waals surface area contributed by atoms with Crippen LogP contribution in [0, 0.1) is 13.8 Å². The Kier molecular flexibility index (Phi) is 8.34. The van der Waals surface area contributed by atoms with Gasteiger partial charge in [-0.3, -0.25) is 9.59 Å². The number of rotatable bonds is 10. The van der Waals surface area contributed by atoms with Crippen molar-refractivity contribution in [2.45, 2.75) is 13.8 Å². The van der Waals surface area contributed by atoms with Crippen LogP contribution in [0.5, 0.6) is 17.2 Å². The zero-order valence-electron chi connectivity index (χ0n) is 19.6. The van der Waals surface area contributed by atoms with E-state index in [2.05, 4.69) is 10.6 Å². The molecular formula is C26H28N2O6. The van der Waals surface area contributed by atoms with Gasteiger partial charge in [-0.2, -0.15) is 0 Å². The maximum Gasteiger partial charge on any atom is 0.268 e. The van der Waals surface area contributed by atoms with Crippen molar-refractivity contribution in [3.8, 4) is 17.2 Å². The smallest absolute Gasteiger partial charge is 0.268 e. The molecule has 0 saturated carbocycles. The highest BCUT2D eigenvalue weighted by molar-refractivity contribution is 6.05. The molecular weight excluding hydrogens is 436 g/mol. The summed E-state index contributed by atoms with van der Waals surface area (Å²) in [5.41, 5.74) is 2.64. The summed E-state index contributed by atoms with van der Waals surface area (Å²) in [7, 11) is 2.99. The fraction of sp³-hybridized carbons (Fsp3) is 0.231. The second-order valence-corrected chi connectivity index (χ2v) is 7.45. The van der Waals surface area contributed by atoms with E-state index in [4.69, 9.17) is 18.6 Å². The van der Waals surface area contributed by atoms with Crippen LogP contribution in [-0.4, -0.2) is 39.2 Å². The number of amides is 2. The van der Waals surface area contributed by atoms with Gasteiger partial charge in [-0.25, -0.2) is 0 Å². The second-order valence-electron chi connectivity index (χ2n) is 7.45. The Morgan fingerprint density at radius 2 is 1.76 bits per heavy atom. The van der Waals surface area contributed by atoms with E-state index in [1.54, 1.807) is 24.3 Å². The van der Waals surface area contributed by atoms with Crippen LogP contribution in [0.3, 0.4) is 0 Å². The van der Waals surface area contributed by atoms with Gasteiger partial charge in [0.2, 0.25) is 0 Å². The molecule has 8 nitrogen and oxygen atoms in total. The van der Waals surface area contributed by atoms with Gasteiger partial charge in [-0.1, -0.05) is 6.07 Å². The number of carbonyl (C=O) groups is 2. The summed E-state index contributed by atoms with van der Waals surface area (Å²) in [6.45, 7) is 4.55. The van der Waals surface area contributed by atoms with Crippen LogP contribution in [0.4, 0.5) is 0 Å². The molecule has 3 aromatic rings. The van der Waals surface area contributed by atoms with E-state index in [0.717, 1.165) is 11.3 Å². The molecule has 0 atom stereocenters. The van der Waals surface area contributed by atoms with Gasteiger partial charge < -0.3 is 29.3 Å². The number of carbonyl (C=O) groups excluding carboxylic acids is 2. The van der Waals surface area contributed by atoms with Gasteiger partial charge in [-0.05, 0) is 67.4 Å². The molecule has 0 aliphatic heterocycles. The van der Waals surface area contributed by atoms with Crippen LogP contribution in [0.25, 0.3) is 6.08 Å². The van der Waals surface area contributed by atoms with Gasteiger partial charge in [-0.15, -0.1) is 0 Å². The molecule has 34 heavy (non-hydrogen) atoms. The van der Waals surface area contributed by atoms with Gasteiger partial charge in [0.1, 0.15) is 23.8 Å².